The number of hydrogen-bond acceptors (Lipinski definition) is 6. The molecule has 0 fully saturated rings. The topological polar surface area (TPSA) is 176 Å². The number of amides is 2. The van der Waals surface area contributed by atoms with Crippen molar-refractivity contribution < 1.29 is 34.2 Å². The number of hydrogen-bond donors (Lipinski definition) is 5. The fraction of sp³-hybridized carbons (Fsp3) is 0.828. The van der Waals surface area contributed by atoms with Gasteiger partial charge >= 0.3 is 11.9 Å². The Hall–Kier alpha value is -2.49. The van der Waals surface area contributed by atoms with E-state index in [1.54, 1.807) is 0 Å². The first kappa shape index (κ1) is 36.5. The van der Waals surface area contributed by atoms with Crippen molar-refractivity contribution in [3.8, 4) is 0 Å². The molecule has 39 heavy (non-hydrogen) atoms. The number of carbonyl (C=O) groups is 5. The van der Waals surface area contributed by atoms with Crippen molar-refractivity contribution in [1.29, 1.82) is 0 Å². The van der Waals surface area contributed by atoms with Gasteiger partial charge in [-0.15, -0.1) is 0 Å². The number of carboxylic acids is 2. The molecule has 10 nitrogen and oxygen atoms in total. The van der Waals surface area contributed by atoms with Crippen LogP contribution in [0.2, 0.25) is 0 Å². The molecule has 0 saturated carbocycles. The monoisotopic (exact) mass is 555 g/mol. The minimum absolute atomic E-state index is 0.0136. The van der Waals surface area contributed by atoms with Crippen molar-refractivity contribution in [3.63, 3.8) is 0 Å². The Kier molecular flexibility index (Phi) is 24.1. The van der Waals surface area contributed by atoms with Crippen LogP contribution in [0.3, 0.4) is 0 Å². The zero-order valence-electron chi connectivity index (χ0n) is 23.8. The number of nitrogens with one attached hydrogen (secondary N) is 2. The van der Waals surface area contributed by atoms with Crippen molar-refractivity contribution in [2.45, 2.75) is 147 Å². The van der Waals surface area contributed by atoms with Crippen molar-refractivity contribution in [3.05, 3.63) is 0 Å². The second-order valence-electron chi connectivity index (χ2n) is 10.5. The summed E-state index contributed by atoms with van der Waals surface area (Å²) >= 11 is 0. The standard InChI is InChI=1S/C29H53N3O7/c30-24(23-33)17-15-16-22-31-26(34)21-20-25(29(38)39)32-27(35)18-13-11-9-7-5-3-1-2-4-6-8-10-12-14-19-28(36)37/h23-25H,1-22,30H2,(H,31,34)(H,32,35)(H,36,37)(H,38,39)/t24-,25-/m0/s1. The van der Waals surface area contributed by atoms with Gasteiger partial charge in [0, 0.05) is 25.8 Å². The second-order valence-corrected chi connectivity index (χ2v) is 10.5. The Morgan fingerprint density at radius 2 is 1.10 bits per heavy atom. The number of nitrogens with two attached hydrogens (primary N) is 1. The molecular formula is C29H53N3O7. The summed E-state index contributed by atoms with van der Waals surface area (Å²) in [6.45, 7) is 0.438. The smallest absolute Gasteiger partial charge is 0.326 e. The Morgan fingerprint density at radius 3 is 1.56 bits per heavy atom. The largest absolute Gasteiger partial charge is 0.481 e. The van der Waals surface area contributed by atoms with Gasteiger partial charge < -0.3 is 31.4 Å². The van der Waals surface area contributed by atoms with E-state index in [0.717, 1.165) is 51.4 Å². The van der Waals surface area contributed by atoms with Gasteiger partial charge in [0.2, 0.25) is 11.8 Å². The lowest BCUT2D eigenvalue weighted by molar-refractivity contribution is -0.142. The predicted octanol–water partition coefficient (Wildman–Crippen LogP) is 4.47. The molecule has 2 atom stereocenters. The molecule has 0 radical (unpaired) electrons. The van der Waals surface area contributed by atoms with Gasteiger partial charge in [-0.25, -0.2) is 4.79 Å². The second kappa shape index (κ2) is 25.8. The van der Waals surface area contributed by atoms with E-state index in [-0.39, 0.29) is 37.5 Å². The maximum Gasteiger partial charge on any atom is 0.326 e. The molecule has 0 bridgehead atoms. The van der Waals surface area contributed by atoms with Gasteiger partial charge in [-0.2, -0.15) is 0 Å². The molecule has 0 aliphatic carbocycles. The first-order chi connectivity index (χ1) is 18.8. The van der Waals surface area contributed by atoms with E-state index >= 15 is 0 Å². The highest BCUT2D eigenvalue weighted by atomic mass is 16.4. The average Bonchev–Trinajstić information content (AvgIpc) is 2.89. The first-order valence-corrected chi connectivity index (χ1v) is 15.0. The highest BCUT2D eigenvalue weighted by molar-refractivity contribution is 5.84. The van der Waals surface area contributed by atoms with Crippen molar-refractivity contribution in [2.24, 2.45) is 5.73 Å². The van der Waals surface area contributed by atoms with Crippen LogP contribution in [0.4, 0.5) is 0 Å². The molecule has 0 heterocycles. The number of carboxylic acid groups (broad SMARTS) is 2. The molecule has 10 heteroatoms. The molecule has 0 aromatic rings. The number of carbonyl (C=O) groups excluding carboxylic acids is 3. The summed E-state index contributed by atoms with van der Waals surface area (Å²) in [5.74, 6) is -2.41. The lowest BCUT2D eigenvalue weighted by Gasteiger charge is -2.14. The summed E-state index contributed by atoms with van der Waals surface area (Å²) in [6.07, 6.45) is 18.6. The fourth-order valence-electron chi connectivity index (χ4n) is 4.37. The van der Waals surface area contributed by atoms with Crippen LogP contribution >= 0.6 is 0 Å². The molecule has 6 N–H and O–H groups in total. The van der Waals surface area contributed by atoms with Crippen molar-refractivity contribution in [2.75, 3.05) is 6.54 Å². The summed E-state index contributed by atoms with van der Waals surface area (Å²) in [5.41, 5.74) is 5.51. The van der Waals surface area contributed by atoms with Crippen LogP contribution in [-0.2, 0) is 24.0 Å². The van der Waals surface area contributed by atoms with Gasteiger partial charge in [-0.1, -0.05) is 77.0 Å². The van der Waals surface area contributed by atoms with E-state index in [9.17, 15) is 29.1 Å². The Bertz CT molecular complexity index is 688. The Balaban J connectivity index is 3.67. The van der Waals surface area contributed by atoms with Gasteiger partial charge in [0.1, 0.15) is 12.3 Å². The molecule has 0 aromatic heterocycles. The number of unbranched alkanes of at least 4 members (excludes halogenated alkanes) is 14. The zero-order chi connectivity index (χ0) is 29.1. The molecule has 0 aliphatic heterocycles. The van der Waals surface area contributed by atoms with E-state index in [1.807, 2.05) is 0 Å². The molecule has 0 saturated heterocycles. The number of rotatable bonds is 28. The Labute approximate surface area is 234 Å². The molecule has 0 spiro atoms. The SMILES string of the molecule is N[C@H](C=O)CCCCNC(=O)CC[C@H](NC(=O)CCCCCCCCCCCCCCCCC(=O)O)C(=O)O. The highest BCUT2D eigenvalue weighted by Gasteiger charge is 2.20. The molecule has 0 unspecified atom stereocenters. The molecule has 2 amide bonds. The fourth-order valence-corrected chi connectivity index (χ4v) is 4.37. The summed E-state index contributed by atoms with van der Waals surface area (Å²) < 4.78 is 0. The molecule has 226 valence electrons. The van der Waals surface area contributed by atoms with Crippen molar-refractivity contribution >= 4 is 30.0 Å². The maximum atomic E-state index is 12.2. The van der Waals surface area contributed by atoms with Crippen LogP contribution in [0.25, 0.3) is 0 Å². The van der Waals surface area contributed by atoms with Crippen LogP contribution < -0.4 is 16.4 Å². The minimum Gasteiger partial charge on any atom is -0.481 e. The lowest BCUT2D eigenvalue weighted by Crippen LogP contribution is -2.41. The maximum absolute atomic E-state index is 12.2. The average molecular weight is 556 g/mol. The summed E-state index contributed by atoms with van der Waals surface area (Å²) in [5, 5.41) is 23.2. The molecular weight excluding hydrogens is 502 g/mol. The summed E-state index contributed by atoms with van der Waals surface area (Å²) in [6, 6.07) is -1.56. The van der Waals surface area contributed by atoms with Crippen LogP contribution in [0.15, 0.2) is 0 Å². The summed E-state index contributed by atoms with van der Waals surface area (Å²) in [4.78, 5) is 56.5. The first-order valence-electron chi connectivity index (χ1n) is 15.0. The molecule has 0 aliphatic rings. The quantitative estimate of drug-likeness (QED) is 0.0693. The number of aldehydes is 1. The van der Waals surface area contributed by atoms with Gasteiger partial charge in [-0.05, 0) is 38.5 Å². The van der Waals surface area contributed by atoms with E-state index in [4.69, 9.17) is 10.8 Å². The third-order valence-corrected chi connectivity index (χ3v) is 6.80. The molecule has 0 aromatic carbocycles. The van der Waals surface area contributed by atoms with Crippen LogP contribution in [0.5, 0.6) is 0 Å². The zero-order valence-corrected chi connectivity index (χ0v) is 23.8. The van der Waals surface area contributed by atoms with Crippen LogP contribution in [0, 0.1) is 0 Å². The van der Waals surface area contributed by atoms with Crippen LogP contribution in [0.1, 0.15) is 135 Å². The van der Waals surface area contributed by atoms with E-state index in [2.05, 4.69) is 10.6 Å². The third kappa shape index (κ3) is 25.5. The third-order valence-electron chi connectivity index (χ3n) is 6.80. The van der Waals surface area contributed by atoms with E-state index in [1.165, 1.54) is 44.9 Å². The highest BCUT2D eigenvalue weighted by Crippen LogP contribution is 2.14. The summed E-state index contributed by atoms with van der Waals surface area (Å²) in [7, 11) is 0. The lowest BCUT2D eigenvalue weighted by atomic mass is 10.0. The van der Waals surface area contributed by atoms with E-state index in [0.29, 0.717) is 25.7 Å². The van der Waals surface area contributed by atoms with E-state index < -0.39 is 24.0 Å². The van der Waals surface area contributed by atoms with Crippen molar-refractivity contribution in [1.82, 2.24) is 10.6 Å². The van der Waals surface area contributed by atoms with Crippen LogP contribution in [-0.4, -0.2) is 58.9 Å². The van der Waals surface area contributed by atoms with Gasteiger partial charge in [0.25, 0.3) is 0 Å². The molecule has 0 rings (SSSR count). The van der Waals surface area contributed by atoms with Gasteiger partial charge in [0.15, 0.2) is 0 Å². The number of aliphatic carboxylic acids is 2. The normalized spacial score (nSPS) is 12.4. The Morgan fingerprint density at radius 1 is 0.615 bits per heavy atom. The van der Waals surface area contributed by atoms with Gasteiger partial charge in [0.05, 0.1) is 6.04 Å². The minimum atomic E-state index is -1.14. The van der Waals surface area contributed by atoms with Gasteiger partial charge in [-0.3, -0.25) is 14.4 Å². The predicted molar refractivity (Wildman–Crippen MR) is 151 cm³/mol.